The van der Waals surface area contributed by atoms with E-state index in [1.165, 1.54) is 96.3 Å². The predicted octanol–water partition coefficient (Wildman–Crippen LogP) is 23.0. The molecule has 5 atom stereocenters. The van der Waals surface area contributed by atoms with Gasteiger partial charge in [-0.25, -0.2) is 9.13 Å². The number of rotatable bonds is 75. The molecule has 0 fully saturated rings. The standard InChI is InChI=1S/C81H144O17P2/c1-5-9-13-17-21-25-29-33-37-41-45-49-53-57-61-65-78(83)91-71-76(97-80(85)67-63-59-55-51-47-43-39-35-31-27-23-19-15-11-7-3)73-95-99(87,88)93-69-75(82)70-94-100(89,90)96-74-77(98-81(86)68-64-60-56-52-48-44-40-36-32-28-24-20-16-12-8-4)72-92-79(84)66-62-58-54-50-46-42-38-34-30-26-22-18-14-10-6-2/h21-28,33-35,37-39,75-77,82H,5-20,29-32,36,40-74H2,1-4H3,(H,87,88)(H,89,90)/b25-21+,26-22-,27-23-,28-24-,37-33+,38-34+,39-35-/t75-,76-,77-/m1/s1. The molecule has 0 aromatic carbocycles. The first-order valence-electron chi connectivity index (χ1n) is 39.8. The number of allylic oxidation sites excluding steroid dienone is 14. The van der Waals surface area contributed by atoms with Crippen molar-refractivity contribution in [2.24, 2.45) is 0 Å². The fraction of sp³-hybridized carbons (Fsp3) is 0.778. The lowest BCUT2D eigenvalue weighted by Crippen LogP contribution is -2.30. The van der Waals surface area contributed by atoms with E-state index in [4.69, 9.17) is 37.0 Å². The van der Waals surface area contributed by atoms with Gasteiger partial charge in [0.2, 0.25) is 0 Å². The number of ether oxygens (including phenoxy) is 4. The summed E-state index contributed by atoms with van der Waals surface area (Å²) in [7, 11) is -9.96. The number of aliphatic hydroxyl groups is 1. The molecule has 19 heteroatoms. The van der Waals surface area contributed by atoms with E-state index in [1.54, 1.807) is 0 Å². The van der Waals surface area contributed by atoms with Crippen molar-refractivity contribution in [2.75, 3.05) is 39.6 Å². The first kappa shape index (κ1) is 96.2. The third-order valence-electron chi connectivity index (χ3n) is 16.8. The molecule has 0 aliphatic heterocycles. The molecule has 580 valence electrons. The monoisotopic (exact) mass is 1450 g/mol. The number of carbonyl (C=O) groups excluding carboxylic acids is 4. The van der Waals surface area contributed by atoms with Crippen molar-refractivity contribution in [3.05, 3.63) is 85.1 Å². The van der Waals surface area contributed by atoms with E-state index in [9.17, 15) is 43.2 Å². The molecule has 0 saturated carbocycles. The SMILES string of the molecule is CCCCC/C=C\C/C=C\CCCCCCCC(=O)O[C@H](COC(=O)CCCCCCC/C=C/C/C=C/CCCCC)COP(=O)(O)OC[C@@H](O)COP(=O)(O)OC[C@@H](COC(=O)CCCCCCC/C=C/C/C=C\CCCCC)OC(=O)CCCCCCCCCC/C=C\CCCCC. The summed E-state index contributed by atoms with van der Waals surface area (Å²) in [6.07, 6.45) is 75.5. The van der Waals surface area contributed by atoms with E-state index < -0.39 is 97.5 Å². The maximum Gasteiger partial charge on any atom is 0.472 e. The van der Waals surface area contributed by atoms with Gasteiger partial charge in [-0.3, -0.25) is 37.3 Å². The summed E-state index contributed by atoms with van der Waals surface area (Å²) in [5, 5.41) is 10.6. The molecular formula is C81H144O17P2. The molecule has 0 aromatic rings. The Bertz CT molecular complexity index is 2230. The van der Waals surface area contributed by atoms with Crippen LogP contribution in [0.4, 0.5) is 0 Å². The van der Waals surface area contributed by atoms with Crippen molar-refractivity contribution < 1.29 is 80.2 Å². The number of hydrogen-bond donors (Lipinski definition) is 3. The maximum absolute atomic E-state index is 13.1. The van der Waals surface area contributed by atoms with E-state index >= 15 is 0 Å². The van der Waals surface area contributed by atoms with Gasteiger partial charge in [0.05, 0.1) is 26.4 Å². The van der Waals surface area contributed by atoms with Gasteiger partial charge in [-0.1, -0.05) is 260 Å². The van der Waals surface area contributed by atoms with E-state index in [2.05, 4.69) is 113 Å². The number of hydrogen-bond acceptors (Lipinski definition) is 15. The maximum atomic E-state index is 13.1. The van der Waals surface area contributed by atoms with Crippen LogP contribution in [0.1, 0.15) is 349 Å². The molecule has 0 spiro atoms. The second-order valence-electron chi connectivity index (χ2n) is 26.6. The van der Waals surface area contributed by atoms with Gasteiger partial charge in [0.15, 0.2) is 12.2 Å². The smallest absolute Gasteiger partial charge is 0.462 e. The van der Waals surface area contributed by atoms with Crippen LogP contribution < -0.4 is 0 Å². The molecule has 3 N–H and O–H groups in total. The summed E-state index contributed by atoms with van der Waals surface area (Å²) in [5.41, 5.74) is 0. The lowest BCUT2D eigenvalue weighted by atomic mass is 10.1. The molecule has 2 unspecified atom stereocenters. The zero-order valence-electron chi connectivity index (χ0n) is 63.4. The second kappa shape index (κ2) is 73.5. The van der Waals surface area contributed by atoms with Crippen LogP contribution in [0.2, 0.25) is 0 Å². The van der Waals surface area contributed by atoms with Crippen LogP contribution in [0.5, 0.6) is 0 Å². The quantitative estimate of drug-likeness (QED) is 0.0169. The van der Waals surface area contributed by atoms with Crippen molar-refractivity contribution in [3.8, 4) is 0 Å². The molecule has 0 bridgehead atoms. The molecule has 0 saturated heterocycles. The van der Waals surface area contributed by atoms with Crippen LogP contribution >= 0.6 is 15.6 Å². The number of phosphoric ester groups is 2. The number of aliphatic hydroxyl groups excluding tert-OH is 1. The Labute approximate surface area is 608 Å². The minimum Gasteiger partial charge on any atom is -0.462 e. The van der Waals surface area contributed by atoms with Gasteiger partial charge in [-0.15, -0.1) is 0 Å². The fourth-order valence-corrected chi connectivity index (χ4v) is 12.2. The molecule has 0 aliphatic rings. The summed E-state index contributed by atoms with van der Waals surface area (Å²) >= 11 is 0. The van der Waals surface area contributed by atoms with Crippen LogP contribution in [-0.2, 0) is 65.4 Å². The summed E-state index contributed by atoms with van der Waals surface area (Å²) in [6.45, 7) is 4.77. The van der Waals surface area contributed by atoms with Crippen LogP contribution in [0, 0.1) is 0 Å². The Morgan fingerprint density at radius 1 is 0.280 bits per heavy atom. The summed E-state index contributed by atoms with van der Waals surface area (Å²) in [6, 6.07) is 0. The first-order valence-corrected chi connectivity index (χ1v) is 42.8. The molecule has 0 heterocycles. The lowest BCUT2D eigenvalue weighted by molar-refractivity contribution is -0.161. The highest BCUT2D eigenvalue weighted by molar-refractivity contribution is 7.47. The highest BCUT2D eigenvalue weighted by Crippen LogP contribution is 2.45. The topological polar surface area (TPSA) is 237 Å². The van der Waals surface area contributed by atoms with Gasteiger partial charge in [0.1, 0.15) is 19.3 Å². The average molecular weight is 1450 g/mol. The average Bonchev–Trinajstić information content (AvgIpc) is 1.25. The van der Waals surface area contributed by atoms with E-state index in [-0.39, 0.29) is 25.7 Å². The van der Waals surface area contributed by atoms with Crippen molar-refractivity contribution in [2.45, 2.75) is 367 Å². The summed E-state index contributed by atoms with van der Waals surface area (Å²) < 4.78 is 68.6. The lowest BCUT2D eigenvalue weighted by Gasteiger charge is -2.21. The zero-order chi connectivity index (χ0) is 73.2. The number of carbonyl (C=O) groups is 4. The second-order valence-corrected chi connectivity index (χ2v) is 29.5. The third kappa shape index (κ3) is 72.6. The van der Waals surface area contributed by atoms with E-state index in [0.717, 1.165) is 173 Å². The Morgan fingerprint density at radius 3 is 0.750 bits per heavy atom. The van der Waals surface area contributed by atoms with Gasteiger partial charge in [0.25, 0.3) is 0 Å². The van der Waals surface area contributed by atoms with Gasteiger partial charge in [-0.05, 0) is 148 Å². The Morgan fingerprint density at radius 2 is 0.490 bits per heavy atom. The minimum absolute atomic E-state index is 0.0771. The van der Waals surface area contributed by atoms with Gasteiger partial charge in [-0.2, -0.15) is 0 Å². The van der Waals surface area contributed by atoms with Crippen molar-refractivity contribution in [1.29, 1.82) is 0 Å². The van der Waals surface area contributed by atoms with Crippen LogP contribution in [-0.4, -0.2) is 96.7 Å². The zero-order valence-corrected chi connectivity index (χ0v) is 65.2. The van der Waals surface area contributed by atoms with Gasteiger partial charge in [0, 0.05) is 25.7 Å². The molecule has 17 nitrogen and oxygen atoms in total. The van der Waals surface area contributed by atoms with E-state index in [1.807, 2.05) is 0 Å². The summed E-state index contributed by atoms with van der Waals surface area (Å²) in [5.74, 6) is -2.20. The van der Waals surface area contributed by atoms with Crippen molar-refractivity contribution >= 4 is 39.5 Å². The minimum atomic E-state index is -4.98. The third-order valence-corrected chi connectivity index (χ3v) is 18.7. The Balaban J connectivity index is 5.38. The molecule has 0 amide bonds. The molecular weight excluding hydrogens is 1310 g/mol. The Hall–Kier alpha value is -3.76. The Kier molecular flexibility index (Phi) is 70.8. The number of esters is 4. The number of phosphoric acid groups is 2. The highest BCUT2D eigenvalue weighted by Gasteiger charge is 2.30. The van der Waals surface area contributed by atoms with E-state index in [0.29, 0.717) is 25.7 Å². The van der Waals surface area contributed by atoms with Crippen molar-refractivity contribution in [1.82, 2.24) is 0 Å². The molecule has 100 heavy (non-hydrogen) atoms. The van der Waals surface area contributed by atoms with Gasteiger partial charge >= 0.3 is 39.5 Å². The number of unbranched alkanes of at least 4 members (excludes halogenated alkanes) is 35. The molecule has 0 radical (unpaired) electrons. The summed E-state index contributed by atoms with van der Waals surface area (Å²) in [4.78, 5) is 73.0. The van der Waals surface area contributed by atoms with Crippen LogP contribution in [0.25, 0.3) is 0 Å². The van der Waals surface area contributed by atoms with Gasteiger partial charge < -0.3 is 33.8 Å². The molecule has 0 aliphatic carbocycles. The molecule has 0 aromatic heterocycles. The highest BCUT2D eigenvalue weighted by atomic mass is 31.2. The normalized spacial score (nSPS) is 14.3. The first-order chi connectivity index (χ1) is 48.7. The largest absolute Gasteiger partial charge is 0.472 e. The van der Waals surface area contributed by atoms with Crippen LogP contribution in [0.15, 0.2) is 85.1 Å². The predicted molar refractivity (Wildman–Crippen MR) is 409 cm³/mol. The molecule has 0 rings (SSSR count). The van der Waals surface area contributed by atoms with Crippen molar-refractivity contribution in [3.63, 3.8) is 0 Å². The van der Waals surface area contributed by atoms with Crippen LogP contribution in [0.3, 0.4) is 0 Å². The fourth-order valence-electron chi connectivity index (χ4n) is 10.7.